The molecule has 4 aromatic heterocycles. The van der Waals surface area contributed by atoms with E-state index in [2.05, 4.69) is 56.6 Å². The molecule has 4 unspecified atom stereocenters. The molecular formula is C20H28N10O22P5+. The number of phosphoric ester groups is 2. The van der Waals surface area contributed by atoms with Crippen LogP contribution in [0, 0.1) is 0 Å². The zero-order valence-electron chi connectivity index (χ0n) is 27.6. The van der Waals surface area contributed by atoms with Crippen LogP contribution in [-0.2, 0) is 63.0 Å². The van der Waals surface area contributed by atoms with Crippen LogP contribution >= 0.6 is 39.1 Å². The third kappa shape index (κ3) is 8.47. The van der Waals surface area contributed by atoms with Crippen molar-refractivity contribution in [1.29, 1.82) is 0 Å². The molecule has 3 fully saturated rings. The number of aliphatic hydroxyl groups excluding tert-OH is 4. The maximum Gasteiger partial charge on any atom is 0.757 e. The summed E-state index contributed by atoms with van der Waals surface area (Å²) in [5, 5.41) is 41.9. The molecule has 0 aromatic carbocycles. The van der Waals surface area contributed by atoms with Crippen molar-refractivity contribution >= 4 is 73.1 Å². The normalized spacial score (nSPS) is 33.5. The van der Waals surface area contributed by atoms with E-state index in [1.54, 1.807) is 0 Å². The summed E-state index contributed by atoms with van der Waals surface area (Å²) in [6.07, 6.45) is -8.67. The SMILES string of the molecule is Nc1ncnc2c1ncn2[C@@H]1O[C@H](COP(=O)(O)OP(=O)(O)O[P@@]2(=O)O[O+]2P(=O)(O)OP(=O)(O)OC[C@H]2O[C@@H](n3cnc4c(N)ncnc43)[C@H](O)[C@@H]2O)[C@@H](O)[C@H]1O. The van der Waals surface area contributed by atoms with Crippen LogP contribution in [0.5, 0.6) is 0 Å². The van der Waals surface area contributed by atoms with Gasteiger partial charge in [0.2, 0.25) is 0 Å². The van der Waals surface area contributed by atoms with Crippen molar-refractivity contribution in [2.24, 2.45) is 0 Å². The van der Waals surface area contributed by atoms with E-state index < -0.39 is 101 Å². The van der Waals surface area contributed by atoms with Crippen LogP contribution in [-0.4, -0.2) is 129 Å². The Kier molecular flexibility index (Phi) is 11.1. The molecule has 314 valence electrons. The summed E-state index contributed by atoms with van der Waals surface area (Å²) in [6.45, 7) is -2.22. The molecule has 0 aliphatic carbocycles. The number of anilines is 2. The fraction of sp³-hybridized carbons (Fsp3) is 0.500. The summed E-state index contributed by atoms with van der Waals surface area (Å²) in [7, 11) is -29.2. The molecule has 13 atom stereocenters. The highest BCUT2D eigenvalue weighted by Crippen LogP contribution is 2.91. The molecule has 0 saturated carbocycles. The zero-order valence-corrected chi connectivity index (χ0v) is 32.1. The van der Waals surface area contributed by atoms with Crippen molar-refractivity contribution < 1.29 is 103 Å². The first-order valence-electron chi connectivity index (χ1n) is 15.2. The van der Waals surface area contributed by atoms with Crippen LogP contribution in [0.3, 0.4) is 0 Å². The third-order valence-electron chi connectivity index (χ3n) is 7.94. The lowest BCUT2D eigenvalue weighted by atomic mass is 10.1. The fourth-order valence-electron chi connectivity index (χ4n) is 5.40. The number of aliphatic hydroxyl groups is 4. The van der Waals surface area contributed by atoms with Gasteiger partial charge in [0.25, 0.3) is 0 Å². The molecule has 32 nitrogen and oxygen atoms in total. The van der Waals surface area contributed by atoms with Gasteiger partial charge < -0.3 is 56.0 Å². The van der Waals surface area contributed by atoms with E-state index in [0.717, 1.165) is 34.4 Å². The summed E-state index contributed by atoms with van der Waals surface area (Å²) in [4.78, 5) is 63.6. The Bertz CT molecular complexity index is 2440. The zero-order chi connectivity index (χ0) is 41.5. The monoisotopic (exact) mass is 915 g/mol. The first-order chi connectivity index (χ1) is 26.5. The van der Waals surface area contributed by atoms with Gasteiger partial charge in [-0.25, -0.2) is 43.6 Å². The van der Waals surface area contributed by atoms with E-state index in [-0.39, 0.29) is 34.0 Å². The molecule has 3 aliphatic heterocycles. The van der Waals surface area contributed by atoms with Crippen LogP contribution in [0.25, 0.3) is 22.3 Å². The number of rotatable bonds is 15. The van der Waals surface area contributed by atoms with Gasteiger partial charge in [0.05, 0.1) is 30.5 Å². The van der Waals surface area contributed by atoms with Crippen molar-refractivity contribution in [2.75, 3.05) is 24.7 Å². The van der Waals surface area contributed by atoms with E-state index in [1.165, 1.54) is 0 Å². The summed E-state index contributed by atoms with van der Waals surface area (Å²) in [5.74, 6) is -0.0439. The standard InChI is InChI=1S/C20H27N10O22P5/c21-15-9-17(25-3-23-15)29(5-27-9)19-13(33)11(31)7(46-19)1-44-53(35,36)49-55(39,40)51-57(43)48-52(57)56(41,42)50-54(37,38)45-2-8-12(32)14(34)20(47-8)30-6-28-10-16(22)24-4-26-18(10)30/h3-8,11-14,19-20,31-34H,1-2H2,(H7-,21,22,23,24,25,26,35,36,37,38,39,40,41,42)/p+1/t7-,8-,11-,12-,13-,14-,19-,20-,57-/m1/s1. The molecule has 37 heteroatoms. The Labute approximate surface area is 314 Å². The molecule has 0 amide bonds. The first kappa shape index (κ1) is 42.3. The predicted octanol–water partition coefficient (Wildman–Crippen LogP) is -1.84. The van der Waals surface area contributed by atoms with Crippen molar-refractivity contribution in [3.05, 3.63) is 25.3 Å². The maximum absolute atomic E-state index is 12.7. The average Bonchev–Trinajstić information content (AvgIpc) is 3.48. The van der Waals surface area contributed by atoms with Crippen molar-refractivity contribution in [1.82, 2.24) is 39.0 Å². The summed E-state index contributed by atoms with van der Waals surface area (Å²) in [5.41, 5.74) is 11.8. The quantitative estimate of drug-likeness (QED) is 0.0271. The molecular weight excluding hydrogens is 887 g/mol. The Balaban J connectivity index is 0.909. The van der Waals surface area contributed by atoms with Gasteiger partial charge in [0.1, 0.15) is 60.3 Å². The van der Waals surface area contributed by atoms with Crippen LogP contribution in [0.4, 0.5) is 11.6 Å². The van der Waals surface area contributed by atoms with Gasteiger partial charge in [-0.2, -0.15) is 13.4 Å². The highest BCUT2D eigenvalue weighted by atomic mass is 31.3. The Hall–Kier alpha value is -2.83. The van der Waals surface area contributed by atoms with Gasteiger partial charge in [0, 0.05) is 0 Å². The number of hydrogen-bond donors (Lipinski definition) is 10. The van der Waals surface area contributed by atoms with E-state index in [0.29, 0.717) is 4.09 Å². The van der Waals surface area contributed by atoms with Crippen LogP contribution < -0.4 is 11.5 Å². The lowest BCUT2D eigenvalue weighted by Crippen LogP contribution is -2.33. The molecule has 0 radical (unpaired) electrons. The number of phosphoric acid groups is 3. The molecule has 4 aromatic rings. The fourth-order valence-corrected chi connectivity index (χ4v) is 12.9. The third-order valence-corrected chi connectivity index (χ3v) is 16.3. The Morgan fingerprint density at radius 2 is 1.12 bits per heavy atom. The van der Waals surface area contributed by atoms with E-state index in [1.807, 2.05) is 0 Å². The molecule has 7 heterocycles. The molecule has 3 aliphatic rings. The minimum absolute atomic E-state index is 0.0217. The largest absolute Gasteiger partial charge is 0.757 e. The number of nitrogens with two attached hydrogens (primary N) is 2. The highest BCUT2D eigenvalue weighted by molar-refractivity contribution is 7.74. The number of nitrogens with zero attached hydrogens (tertiary/aromatic N) is 8. The molecule has 0 bridgehead atoms. The lowest BCUT2D eigenvalue weighted by Gasteiger charge is -2.18. The first-order valence-corrected chi connectivity index (χ1v) is 22.6. The summed E-state index contributed by atoms with van der Waals surface area (Å²) in [6, 6.07) is 0. The number of aromatic nitrogens is 8. The predicted molar refractivity (Wildman–Crippen MR) is 176 cm³/mol. The average molecular weight is 915 g/mol. The Morgan fingerprint density at radius 1 is 0.684 bits per heavy atom. The van der Waals surface area contributed by atoms with Gasteiger partial charge in [0.15, 0.2) is 35.4 Å². The summed E-state index contributed by atoms with van der Waals surface area (Å²) >= 11 is 0. The van der Waals surface area contributed by atoms with Gasteiger partial charge in [-0.15, -0.1) is 8.62 Å². The number of imidazole rings is 2. The van der Waals surface area contributed by atoms with Gasteiger partial charge in [-0.1, -0.05) is 4.09 Å². The minimum Gasteiger partial charge on any atom is -0.387 e. The number of ether oxygens (including phenoxy) is 2. The van der Waals surface area contributed by atoms with Gasteiger partial charge in [-0.05, 0) is 0 Å². The van der Waals surface area contributed by atoms with Crippen molar-refractivity contribution in [3.63, 3.8) is 0 Å². The number of hydrogen-bond acceptors (Lipinski definition) is 25. The minimum atomic E-state index is -6.11. The van der Waals surface area contributed by atoms with Crippen LogP contribution in [0.2, 0.25) is 0 Å². The van der Waals surface area contributed by atoms with E-state index in [4.69, 9.17) is 20.9 Å². The number of fused-ring (bicyclic) bond motifs is 2. The Morgan fingerprint density at radius 3 is 1.58 bits per heavy atom. The lowest BCUT2D eigenvalue weighted by molar-refractivity contribution is -0.0575. The second-order valence-electron chi connectivity index (χ2n) is 11.7. The molecule has 0 spiro atoms. The van der Waals surface area contributed by atoms with Crippen molar-refractivity contribution in [2.45, 2.75) is 49.1 Å². The highest BCUT2D eigenvalue weighted by Gasteiger charge is 2.83. The second kappa shape index (κ2) is 15.0. The van der Waals surface area contributed by atoms with Crippen molar-refractivity contribution in [3.8, 4) is 0 Å². The number of nitrogen functional groups attached to an aromatic ring is 2. The maximum atomic E-state index is 12.7. The van der Waals surface area contributed by atoms with E-state index in [9.17, 15) is 62.8 Å². The molecule has 3 saturated heterocycles. The topological polar surface area (TPSA) is 466 Å². The summed E-state index contributed by atoms with van der Waals surface area (Å²) < 4.78 is 102. The second-order valence-corrected chi connectivity index (χ2v) is 19.9. The van der Waals surface area contributed by atoms with Crippen LogP contribution in [0.1, 0.15) is 12.5 Å². The molecule has 7 rings (SSSR count). The van der Waals surface area contributed by atoms with Crippen LogP contribution in [0.15, 0.2) is 25.3 Å². The van der Waals surface area contributed by atoms with Gasteiger partial charge >= 0.3 is 39.1 Å². The molecule has 57 heavy (non-hydrogen) atoms. The smallest absolute Gasteiger partial charge is 0.387 e. The van der Waals surface area contributed by atoms with Gasteiger partial charge in [-0.3, -0.25) is 23.1 Å². The van der Waals surface area contributed by atoms with E-state index >= 15 is 0 Å². The molecule has 12 N–H and O–H groups in total.